The maximum Gasteiger partial charge on any atom is 0.151 e. The van der Waals surface area contributed by atoms with Crippen LogP contribution in [0.5, 0.6) is 0 Å². The third-order valence-corrected chi connectivity index (χ3v) is 2.27. The second kappa shape index (κ2) is 5.93. The van der Waals surface area contributed by atoms with Crippen molar-refractivity contribution in [3.05, 3.63) is 17.8 Å². The van der Waals surface area contributed by atoms with Crippen molar-refractivity contribution in [2.45, 2.75) is 6.92 Å². The average Bonchev–Trinajstić information content (AvgIpc) is 2.31. The van der Waals surface area contributed by atoms with Crippen LogP contribution in [0.4, 0.5) is 11.5 Å². The molecule has 1 heterocycles. The van der Waals surface area contributed by atoms with Crippen molar-refractivity contribution in [3.8, 4) is 6.07 Å². The summed E-state index contributed by atoms with van der Waals surface area (Å²) >= 11 is 0. The highest BCUT2D eigenvalue weighted by Crippen LogP contribution is 2.20. The molecular formula is C11H16N4O. The molecule has 5 heteroatoms. The number of aromatic nitrogens is 1. The van der Waals surface area contributed by atoms with Crippen molar-refractivity contribution >= 4 is 11.5 Å². The summed E-state index contributed by atoms with van der Waals surface area (Å²) in [6, 6.07) is 3.65. The van der Waals surface area contributed by atoms with E-state index in [1.165, 1.54) is 6.20 Å². The molecule has 0 amide bonds. The molecule has 16 heavy (non-hydrogen) atoms. The van der Waals surface area contributed by atoms with E-state index in [0.29, 0.717) is 23.7 Å². The van der Waals surface area contributed by atoms with Crippen LogP contribution in [0.1, 0.15) is 12.5 Å². The number of rotatable bonds is 5. The molecule has 0 fully saturated rings. The second-order valence-corrected chi connectivity index (χ2v) is 3.32. The summed E-state index contributed by atoms with van der Waals surface area (Å²) in [6.45, 7) is 4.17. The molecule has 0 spiro atoms. The Hall–Kier alpha value is -1.80. The molecule has 0 bridgehead atoms. The maximum absolute atomic E-state index is 8.71. The fraction of sp³-hybridized carbons (Fsp3) is 0.455. The van der Waals surface area contributed by atoms with Gasteiger partial charge in [0.05, 0.1) is 17.9 Å². The van der Waals surface area contributed by atoms with Crippen LogP contribution in [-0.4, -0.2) is 31.8 Å². The van der Waals surface area contributed by atoms with E-state index in [1.54, 1.807) is 13.2 Å². The molecule has 0 atom stereocenters. The van der Waals surface area contributed by atoms with Gasteiger partial charge in [0.1, 0.15) is 6.07 Å². The Bertz CT molecular complexity index is 386. The highest BCUT2D eigenvalue weighted by Gasteiger charge is 2.09. The van der Waals surface area contributed by atoms with Gasteiger partial charge in [0, 0.05) is 26.4 Å². The van der Waals surface area contributed by atoms with Gasteiger partial charge in [0.25, 0.3) is 0 Å². The molecule has 0 radical (unpaired) electrons. The largest absolute Gasteiger partial charge is 0.396 e. The van der Waals surface area contributed by atoms with Crippen LogP contribution in [0.3, 0.4) is 0 Å². The molecule has 0 saturated carbocycles. The maximum atomic E-state index is 8.71. The number of pyridine rings is 1. The molecule has 0 saturated heterocycles. The van der Waals surface area contributed by atoms with Crippen LogP contribution < -0.4 is 10.6 Å². The Kier molecular flexibility index (Phi) is 4.55. The zero-order valence-corrected chi connectivity index (χ0v) is 9.60. The molecule has 0 aromatic carbocycles. The lowest BCUT2D eigenvalue weighted by atomic mass is 10.2. The number of ether oxygens (including phenoxy) is 1. The van der Waals surface area contributed by atoms with Crippen LogP contribution in [0.15, 0.2) is 12.3 Å². The highest BCUT2D eigenvalue weighted by molar-refractivity contribution is 5.64. The van der Waals surface area contributed by atoms with Crippen molar-refractivity contribution in [1.29, 1.82) is 5.26 Å². The van der Waals surface area contributed by atoms with Crippen LogP contribution >= 0.6 is 0 Å². The Balaban J connectivity index is 2.89. The molecule has 1 aromatic heterocycles. The molecule has 0 aliphatic rings. The monoisotopic (exact) mass is 220 g/mol. The first kappa shape index (κ1) is 12.3. The quantitative estimate of drug-likeness (QED) is 0.801. The molecule has 0 aliphatic heterocycles. The van der Waals surface area contributed by atoms with E-state index in [4.69, 9.17) is 15.7 Å². The third kappa shape index (κ3) is 2.84. The van der Waals surface area contributed by atoms with Gasteiger partial charge in [-0.2, -0.15) is 5.26 Å². The van der Waals surface area contributed by atoms with Crippen molar-refractivity contribution in [2.24, 2.45) is 0 Å². The van der Waals surface area contributed by atoms with E-state index < -0.39 is 0 Å². The number of nitriles is 1. The minimum Gasteiger partial charge on any atom is -0.396 e. The SMILES string of the molecule is CCN(CCOC)c1ncc(C#N)cc1N. The minimum absolute atomic E-state index is 0.476. The summed E-state index contributed by atoms with van der Waals surface area (Å²) in [5.41, 5.74) is 6.85. The van der Waals surface area contributed by atoms with Crippen LogP contribution in [0.25, 0.3) is 0 Å². The van der Waals surface area contributed by atoms with Crippen LogP contribution in [0, 0.1) is 11.3 Å². The van der Waals surface area contributed by atoms with Crippen molar-refractivity contribution in [1.82, 2.24) is 4.98 Å². The summed E-state index contributed by atoms with van der Waals surface area (Å²) in [5.74, 6) is 0.707. The summed E-state index contributed by atoms with van der Waals surface area (Å²) in [7, 11) is 1.66. The van der Waals surface area contributed by atoms with Crippen LogP contribution in [-0.2, 0) is 4.74 Å². The molecule has 0 aliphatic carbocycles. The van der Waals surface area contributed by atoms with Gasteiger partial charge < -0.3 is 15.4 Å². The minimum atomic E-state index is 0.476. The van der Waals surface area contributed by atoms with Crippen molar-refractivity contribution in [2.75, 3.05) is 37.4 Å². The molecule has 5 nitrogen and oxygen atoms in total. The van der Waals surface area contributed by atoms with E-state index in [-0.39, 0.29) is 0 Å². The first-order valence-electron chi connectivity index (χ1n) is 5.12. The van der Waals surface area contributed by atoms with E-state index in [2.05, 4.69) is 4.98 Å². The number of likely N-dealkylation sites (N-methyl/N-ethyl adjacent to an activating group) is 1. The number of hydrogen-bond donors (Lipinski definition) is 1. The van der Waals surface area contributed by atoms with Gasteiger partial charge in [-0.1, -0.05) is 0 Å². The number of anilines is 2. The zero-order chi connectivity index (χ0) is 12.0. The number of nitrogens with two attached hydrogens (primary N) is 1. The van der Waals surface area contributed by atoms with E-state index in [9.17, 15) is 0 Å². The summed E-state index contributed by atoms with van der Waals surface area (Å²) in [4.78, 5) is 6.21. The molecule has 0 unspecified atom stereocenters. The van der Waals surface area contributed by atoms with E-state index in [0.717, 1.165) is 13.1 Å². The van der Waals surface area contributed by atoms with Gasteiger partial charge in [-0.25, -0.2) is 4.98 Å². The van der Waals surface area contributed by atoms with Crippen molar-refractivity contribution in [3.63, 3.8) is 0 Å². The molecular weight excluding hydrogens is 204 g/mol. The molecule has 1 aromatic rings. The third-order valence-electron chi connectivity index (χ3n) is 2.27. The predicted molar refractivity (Wildman–Crippen MR) is 63.1 cm³/mol. The van der Waals surface area contributed by atoms with Gasteiger partial charge in [0.15, 0.2) is 5.82 Å². The molecule has 86 valence electrons. The van der Waals surface area contributed by atoms with Gasteiger partial charge in [-0.3, -0.25) is 0 Å². The lowest BCUT2D eigenvalue weighted by Gasteiger charge is -2.22. The standard InChI is InChI=1S/C11H16N4O/c1-3-15(4-5-16-2)11-10(13)6-9(7-12)8-14-11/h6,8H,3-5,13H2,1-2H3. The van der Waals surface area contributed by atoms with Crippen molar-refractivity contribution < 1.29 is 4.74 Å². The van der Waals surface area contributed by atoms with E-state index >= 15 is 0 Å². The first-order valence-corrected chi connectivity index (χ1v) is 5.12. The first-order chi connectivity index (χ1) is 7.72. The Morgan fingerprint density at radius 3 is 2.88 bits per heavy atom. The zero-order valence-electron chi connectivity index (χ0n) is 9.60. The molecule has 1 rings (SSSR count). The predicted octanol–water partition coefficient (Wildman–Crippen LogP) is 1.01. The van der Waals surface area contributed by atoms with Gasteiger partial charge in [-0.05, 0) is 13.0 Å². The fourth-order valence-electron chi connectivity index (χ4n) is 1.42. The molecule has 2 N–H and O–H groups in total. The van der Waals surface area contributed by atoms with E-state index in [1.807, 2.05) is 17.9 Å². The summed E-state index contributed by atoms with van der Waals surface area (Å²) in [5, 5.41) is 8.71. The highest BCUT2D eigenvalue weighted by atomic mass is 16.5. The van der Waals surface area contributed by atoms with Crippen LogP contribution in [0.2, 0.25) is 0 Å². The van der Waals surface area contributed by atoms with Gasteiger partial charge >= 0.3 is 0 Å². The number of nitrogens with zero attached hydrogens (tertiary/aromatic N) is 3. The number of nitrogen functional groups attached to an aromatic ring is 1. The smallest absolute Gasteiger partial charge is 0.151 e. The number of hydrogen-bond acceptors (Lipinski definition) is 5. The fourth-order valence-corrected chi connectivity index (χ4v) is 1.42. The number of methoxy groups -OCH3 is 1. The average molecular weight is 220 g/mol. The van der Waals surface area contributed by atoms with Gasteiger partial charge in [-0.15, -0.1) is 0 Å². The Morgan fingerprint density at radius 1 is 1.62 bits per heavy atom. The summed E-state index contributed by atoms with van der Waals surface area (Å²) in [6.07, 6.45) is 1.53. The summed E-state index contributed by atoms with van der Waals surface area (Å²) < 4.78 is 5.02. The normalized spacial score (nSPS) is 9.81. The van der Waals surface area contributed by atoms with Gasteiger partial charge in [0.2, 0.25) is 0 Å². The Morgan fingerprint density at radius 2 is 2.38 bits per heavy atom. The topological polar surface area (TPSA) is 75.2 Å². The lowest BCUT2D eigenvalue weighted by Crippen LogP contribution is -2.28. The Labute approximate surface area is 95.4 Å². The lowest BCUT2D eigenvalue weighted by molar-refractivity contribution is 0.205. The second-order valence-electron chi connectivity index (χ2n) is 3.32.